The normalized spacial score (nSPS) is 17.6. The molecule has 0 saturated heterocycles. The highest BCUT2D eigenvalue weighted by molar-refractivity contribution is 4.96. The van der Waals surface area contributed by atoms with Gasteiger partial charge in [-0.05, 0) is 93.8 Å². The van der Waals surface area contributed by atoms with Crippen molar-refractivity contribution in [3.05, 3.63) is 48.6 Å². The van der Waals surface area contributed by atoms with Gasteiger partial charge in [0.05, 0.1) is 5.60 Å². The lowest BCUT2D eigenvalue weighted by Crippen LogP contribution is -2.20. The van der Waals surface area contributed by atoms with E-state index in [1.54, 1.807) is 7.11 Å². The van der Waals surface area contributed by atoms with Crippen molar-refractivity contribution < 1.29 is 4.74 Å². The Morgan fingerprint density at radius 3 is 1.50 bits per heavy atom. The van der Waals surface area contributed by atoms with E-state index in [0.29, 0.717) is 17.8 Å². The molecular weight excluding hydrogens is 508 g/mol. The van der Waals surface area contributed by atoms with Gasteiger partial charge in [-0.15, -0.1) is 0 Å². The van der Waals surface area contributed by atoms with Crippen LogP contribution in [-0.4, -0.2) is 12.7 Å². The summed E-state index contributed by atoms with van der Waals surface area (Å²) in [7, 11) is 1.79. The average molecular weight is 585 g/mol. The number of methoxy groups -OCH3 is 1. The molecule has 0 heterocycles. The first-order valence-corrected chi connectivity index (χ1v) is 18.0. The molecule has 0 aliphatic heterocycles. The second kappa shape index (κ2) is 25.3. The summed E-state index contributed by atoms with van der Waals surface area (Å²) in [4.78, 5) is 0. The quantitative estimate of drug-likeness (QED) is 0.0919. The number of ether oxygens (including phenoxy) is 1. The maximum absolute atomic E-state index is 5.50. The van der Waals surface area contributed by atoms with Gasteiger partial charge in [-0.2, -0.15) is 0 Å². The SMILES string of the molecule is COC(C)(C)C/C=C/[C@H](C)C/C=C/[C@H](C)CCC[C@@H](C)C/C=C/C[C@H](C)/C=C/C[C@@H](C)CCC[C@@H](C)CCCC(C)C. The fraction of sp³-hybridized carbons (Fsp3) is 0.805. The minimum absolute atomic E-state index is 0.0627. The molecule has 0 radical (unpaired) electrons. The zero-order valence-corrected chi connectivity index (χ0v) is 30.5. The fourth-order valence-corrected chi connectivity index (χ4v) is 5.49. The minimum Gasteiger partial charge on any atom is -0.378 e. The Hall–Kier alpha value is -1.08. The first kappa shape index (κ1) is 40.9. The third-order valence-corrected chi connectivity index (χ3v) is 9.04. The lowest BCUT2D eigenvalue weighted by molar-refractivity contribution is 0.0254. The van der Waals surface area contributed by atoms with Gasteiger partial charge >= 0.3 is 0 Å². The molecule has 0 rings (SSSR count). The van der Waals surface area contributed by atoms with Crippen molar-refractivity contribution in [3.8, 4) is 0 Å². The first-order valence-electron chi connectivity index (χ1n) is 18.0. The first-order chi connectivity index (χ1) is 19.8. The summed E-state index contributed by atoms with van der Waals surface area (Å²) >= 11 is 0. The van der Waals surface area contributed by atoms with Crippen LogP contribution in [0.15, 0.2) is 48.6 Å². The molecule has 0 spiro atoms. The van der Waals surface area contributed by atoms with Gasteiger partial charge in [0.2, 0.25) is 0 Å². The maximum atomic E-state index is 5.50. The molecule has 1 heteroatoms. The number of hydrogen-bond acceptors (Lipinski definition) is 1. The van der Waals surface area contributed by atoms with Crippen LogP contribution in [0.4, 0.5) is 0 Å². The highest BCUT2D eigenvalue weighted by Gasteiger charge is 2.13. The van der Waals surface area contributed by atoms with Crippen LogP contribution in [0.25, 0.3) is 0 Å². The van der Waals surface area contributed by atoms with Crippen LogP contribution in [0, 0.1) is 41.4 Å². The Morgan fingerprint density at radius 1 is 0.476 bits per heavy atom. The molecule has 0 saturated carbocycles. The van der Waals surface area contributed by atoms with Gasteiger partial charge in [0.25, 0.3) is 0 Å². The van der Waals surface area contributed by atoms with E-state index in [9.17, 15) is 0 Å². The topological polar surface area (TPSA) is 9.23 Å². The number of allylic oxidation sites excluding steroid dienone is 7. The fourth-order valence-electron chi connectivity index (χ4n) is 5.49. The van der Waals surface area contributed by atoms with Gasteiger partial charge in [0.15, 0.2) is 0 Å². The molecule has 0 fully saturated rings. The molecular formula is C41H76O. The highest BCUT2D eigenvalue weighted by atomic mass is 16.5. The average Bonchev–Trinajstić information content (AvgIpc) is 2.91. The van der Waals surface area contributed by atoms with Gasteiger partial charge in [0, 0.05) is 7.11 Å². The van der Waals surface area contributed by atoms with Gasteiger partial charge < -0.3 is 4.74 Å². The van der Waals surface area contributed by atoms with E-state index < -0.39 is 0 Å². The van der Waals surface area contributed by atoms with Gasteiger partial charge in [-0.3, -0.25) is 0 Å². The second-order valence-corrected chi connectivity index (χ2v) is 15.3. The highest BCUT2D eigenvalue weighted by Crippen LogP contribution is 2.22. The summed E-state index contributed by atoms with van der Waals surface area (Å²) < 4.78 is 5.50. The molecule has 0 aliphatic carbocycles. The zero-order valence-electron chi connectivity index (χ0n) is 30.5. The molecule has 0 aliphatic rings. The van der Waals surface area contributed by atoms with Crippen molar-refractivity contribution >= 4 is 0 Å². The van der Waals surface area contributed by atoms with Crippen LogP contribution in [0.5, 0.6) is 0 Å². The van der Waals surface area contributed by atoms with E-state index in [2.05, 4.69) is 118 Å². The Kier molecular flexibility index (Phi) is 24.6. The number of rotatable bonds is 26. The predicted molar refractivity (Wildman–Crippen MR) is 192 cm³/mol. The third kappa shape index (κ3) is 26.5. The summed E-state index contributed by atoms with van der Waals surface area (Å²) in [6, 6.07) is 0. The van der Waals surface area contributed by atoms with E-state index in [1.165, 1.54) is 77.0 Å². The van der Waals surface area contributed by atoms with Crippen molar-refractivity contribution in [3.63, 3.8) is 0 Å². The monoisotopic (exact) mass is 585 g/mol. The van der Waals surface area contributed by atoms with E-state index in [4.69, 9.17) is 4.74 Å². The molecule has 42 heavy (non-hydrogen) atoms. The van der Waals surface area contributed by atoms with Crippen LogP contribution in [0.1, 0.15) is 159 Å². The Labute approximate surface area is 266 Å². The van der Waals surface area contributed by atoms with Crippen LogP contribution < -0.4 is 0 Å². The lowest BCUT2D eigenvalue weighted by atomic mass is 9.92. The van der Waals surface area contributed by atoms with E-state index >= 15 is 0 Å². The zero-order chi connectivity index (χ0) is 31.8. The van der Waals surface area contributed by atoms with Crippen molar-refractivity contribution in [1.29, 1.82) is 0 Å². The Morgan fingerprint density at radius 2 is 0.905 bits per heavy atom. The molecule has 246 valence electrons. The van der Waals surface area contributed by atoms with Crippen molar-refractivity contribution in [2.45, 2.75) is 165 Å². The summed E-state index contributed by atoms with van der Waals surface area (Å²) in [5.74, 6) is 5.26. The summed E-state index contributed by atoms with van der Waals surface area (Å²) in [5, 5.41) is 0. The van der Waals surface area contributed by atoms with Crippen molar-refractivity contribution in [1.82, 2.24) is 0 Å². The molecule has 6 atom stereocenters. The molecule has 0 unspecified atom stereocenters. The van der Waals surface area contributed by atoms with Crippen LogP contribution >= 0.6 is 0 Å². The molecule has 0 bridgehead atoms. The minimum atomic E-state index is -0.0627. The van der Waals surface area contributed by atoms with Crippen molar-refractivity contribution in [2.24, 2.45) is 41.4 Å². The summed E-state index contributed by atoms with van der Waals surface area (Å²) in [5.41, 5.74) is -0.0627. The molecule has 0 aromatic rings. The van der Waals surface area contributed by atoms with E-state index in [-0.39, 0.29) is 5.60 Å². The molecule has 0 amide bonds. The predicted octanol–water partition coefficient (Wildman–Crippen LogP) is 13.6. The van der Waals surface area contributed by atoms with E-state index in [0.717, 1.165) is 36.5 Å². The van der Waals surface area contributed by atoms with Crippen LogP contribution in [-0.2, 0) is 4.74 Å². The largest absolute Gasteiger partial charge is 0.378 e. The molecule has 0 N–H and O–H groups in total. The Balaban J connectivity index is 3.96. The standard InChI is InChI=1S/C41H76O/c1-34(2)20-14-23-37(5)26-17-29-38(6)27-15-24-35(3)21-12-13-22-36(4)25-16-28-39(7)30-18-31-40(8)32-19-33-41(9,10)42-11/h12-13,15,18-19,24,30,32,34-40H,14,16-17,20-23,25-29,31,33H2,1-11H3/b13-12+,24-15+,30-18+,32-19+/t35-,36-,37-,38+,39+,40+/m0/s1. The van der Waals surface area contributed by atoms with Crippen LogP contribution in [0.3, 0.4) is 0 Å². The number of hydrogen-bond donors (Lipinski definition) is 0. The molecule has 0 aromatic carbocycles. The van der Waals surface area contributed by atoms with E-state index in [1.807, 2.05) is 0 Å². The van der Waals surface area contributed by atoms with Crippen molar-refractivity contribution in [2.75, 3.05) is 7.11 Å². The van der Waals surface area contributed by atoms with Gasteiger partial charge in [-0.25, -0.2) is 0 Å². The smallest absolute Gasteiger partial charge is 0.0657 e. The van der Waals surface area contributed by atoms with Crippen LogP contribution in [0.2, 0.25) is 0 Å². The summed E-state index contributed by atoms with van der Waals surface area (Å²) in [6.45, 7) is 23.3. The lowest BCUT2D eigenvalue weighted by Gasteiger charge is -2.20. The van der Waals surface area contributed by atoms with Gasteiger partial charge in [-0.1, -0.05) is 155 Å². The third-order valence-electron chi connectivity index (χ3n) is 9.04. The summed E-state index contributed by atoms with van der Waals surface area (Å²) in [6.07, 6.45) is 37.3. The molecule has 1 nitrogen and oxygen atoms in total. The van der Waals surface area contributed by atoms with Gasteiger partial charge in [0.1, 0.15) is 0 Å². The Bertz CT molecular complexity index is 723. The maximum Gasteiger partial charge on any atom is 0.0657 e. The second-order valence-electron chi connectivity index (χ2n) is 15.3. The molecule has 0 aromatic heterocycles.